The molecule has 0 aromatic carbocycles. The third-order valence-electron chi connectivity index (χ3n) is 3.32. The van der Waals surface area contributed by atoms with Gasteiger partial charge in [0.15, 0.2) is 0 Å². The molecule has 0 radical (unpaired) electrons. The van der Waals surface area contributed by atoms with Gasteiger partial charge in [0, 0.05) is 18.4 Å². The van der Waals surface area contributed by atoms with E-state index in [0.29, 0.717) is 12.2 Å². The van der Waals surface area contributed by atoms with E-state index >= 15 is 0 Å². The van der Waals surface area contributed by atoms with Gasteiger partial charge < -0.3 is 15.7 Å². The van der Waals surface area contributed by atoms with Crippen LogP contribution >= 0.6 is 0 Å². The average molecular weight is 265 g/mol. The monoisotopic (exact) mass is 265 g/mol. The van der Waals surface area contributed by atoms with Gasteiger partial charge in [-0.2, -0.15) is 0 Å². The van der Waals surface area contributed by atoms with Crippen molar-refractivity contribution in [2.45, 2.75) is 45.8 Å². The molecule has 19 heavy (non-hydrogen) atoms. The lowest BCUT2D eigenvalue weighted by molar-refractivity contribution is 0.0240. The Kier molecular flexibility index (Phi) is 4.52. The number of pyridine rings is 1. The molecule has 106 valence electrons. The standard InChI is InChI=1S/C14H23N3O2/c1-6-15-12(18)11-9-10(7-8-16-11)17-13(2,3)14(4,5)19/h7-9,19H,6H2,1-5H3,(H,15,18)(H,16,17). The van der Waals surface area contributed by atoms with Gasteiger partial charge in [-0.1, -0.05) is 0 Å². The van der Waals surface area contributed by atoms with Crippen molar-refractivity contribution in [3.05, 3.63) is 24.0 Å². The molecule has 0 fully saturated rings. The summed E-state index contributed by atoms with van der Waals surface area (Å²) in [5.41, 5.74) is -0.323. The smallest absolute Gasteiger partial charge is 0.269 e. The maximum Gasteiger partial charge on any atom is 0.269 e. The number of hydrogen-bond acceptors (Lipinski definition) is 4. The molecular formula is C14H23N3O2. The van der Waals surface area contributed by atoms with E-state index in [9.17, 15) is 9.90 Å². The molecule has 0 bridgehead atoms. The van der Waals surface area contributed by atoms with Crippen LogP contribution in [-0.2, 0) is 0 Å². The lowest BCUT2D eigenvalue weighted by Gasteiger charge is -2.38. The zero-order chi connectivity index (χ0) is 14.7. The highest BCUT2D eigenvalue weighted by Crippen LogP contribution is 2.25. The van der Waals surface area contributed by atoms with E-state index in [1.165, 1.54) is 0 Å². The van der Waals surface area contributed by atoms with Gasteiger partial charge in [-0.15, -0.1) is 0 Å². The fourth-order valence-corrected chi connectivity index (χ4v) is 1.40. The third-order valence-corrected chi connectivity index (χ3v) is 3.32. The number of anilines is 1. The van der Waals surface area contributed by atoms with Gasteiger partial charge in [0.25, 0.3) is 5.91 Å². The number of carbonyl (C=O) groups is 1. The topological polar surface area (TPSA) is 74.2 Å². The Morgan fingerprint density at radius 2 is 2.00 bits per heavy atom. The molecule has 0 aliphatic carbocycles. The minimum absolute atomic E-state index is 0.202. The number of nitrogens with zero attached hydrogens (tertiary/aromatic N) is 1. The van der Waals surface area contributed by atoms with Gasteiger partial charge in [0.1, 0.15) is 5.69 Å². The molecule has 5 heteroatoms. The molecular weight excluding hydrogens is 242 g/mol. The van der Waals surface area contributed by atoms with Crippen molar-refractivity contribution >= 4 is 11.6 Å². The van der Waals surface area contributed by atoms with Crippen LogP contribution in [0, 0.1) is 0 Å². The Morgan fingerprint density at radius 3 is 2.53 bits per heavy atom. The molecule has 0 atom stereocenters. The molecule has 0 saturated carbocycles. The zero-order valence-electron chi connectivity index (χ0n) is 12.2. The van der Waals surface area contributed by atoms with E-state index in [1.54, 1.807) is 32.2 Å². The summed E-state index contributed by atoms with van der Waals surface area (Å²) in [5.74, 6) is -0.202. The molecule has 1 heterocycles. The summed E-state index contributed by atoms with van der Waals surface area (Å²) in [5, 5.41) is 16.0. The Balaban J connectivity index is 2.92. The molecule has 0 spiro atoms. The minimum atomic E-state index is -0.901. The summed E-state index contributed by atoms with van der Waals surface area (Å²) in [4.78, 5) is 15.7. The number of aromatic nitrogens is 1. The van der Waals surface area contributed by atoms with E-state index in [4.69, 9.17) is 0 Å². The van der Waals surface area contributed by atoms with Crippen molar-refractivity contribution in [2.75, 3.05) is 11.9 Å². The molecule has 1 amide bonds. The fraction of sp³-hybridized carbons (Fsp3) is 0.571. The average Bonchev–Trinajstić information content (AvgIpc) is 2.27. The molecule has 5 nitrogen and oxygen atoms in total. The predicted octanol–water partition coefficient (Wildman–Crippen LogP) is 1.79. The lowest BCUT2D eigenvalue weighted by atomic mass is 9.86. The van der Waals surface area contributed by atoms with Gasteiger partial charge in [-0.25, -0.2) is 0 Å². The highest BCUT2D eigenvalue weighted by atomic mass is 16.3. The first-order chi connectivity index (χ1) is 8.67. The fourth-order valence-electron chi connectivity index (χ4n) is 1.40. The summed E-state index contributed by atoms with van der Waals surface area (Å²) >= 11 is 0. The van der Waals surface area contributed by atoms with Crippen LogP contribution in [0.1, 0.15) is 45.1 Å². The molecule has 0 saturated heterocycles. The molecule has 1 rings (SSSR count). The van der Waals surface area contributed by atoms with E-state index in [2.05, 4.69) is 15.6 Å². The van der Waals surface area contributed by atoms with Gasteiger partial charge in [0.05, 0.1) is 11.1 Å². The first-order valence-corrected chi connectivity index (χ1v) is 6.42. The maximum atomic E-state index is 11.7. The van der Waals surface area contributed by atoms with Crippen LogP contribution in [0.2, 0.25) is 0 Å². The molecule has 0 aliphatic heterocycles. The molecule has 1 aromatic heterocycles. The zero-order valence-corrected chi connectivity index (χ0v) is 12.2. The van der Waals surface area contributed by atoms with Crippen molar-refractivity contribution in [3.63, 3.8) is 0 Å². The van der Waals surface area contributed by atoms with Crippen molar-refractivity contribution in [1.82, 2.24) is 10.3 Å². The number of nitrogens with one attached hydrogen (secondary N) is 2. The minimum Gasteiger partial charge on any atom is -0.388 e. The summed E-state index contributed by atoms with van der Waals surface area (Å²) < 4.78 is 0. The number of amides is 1. The molecule has 0 aliphatic rings. The van der Waals surface area contributed by atoms with E-state index in [1.807, 2.05) is 20.8 Å². The molecule has 0 unspecified atom stereocenters. The highest BCUT2D eigenvalue weighted by Gasteiger charge is 2.34. The number of aliphatic hydroxyl groups is 1. The lowest BCUT2D eigenvalue weighted by Crippen LogP contribution is -2.51. The Labute approximate surface area is 114 Å². The van der Waals surface area contributed by atoms with Crippen LogP contribution in [0.15, 0.2) is 18.3 Å². The summed E-state index contributed by atoms with van der Waals surface area (Å²) in [6.45, 7) is 9.71. The molecule has 3 N–H and O–H groups in total. The van der Waals surface area contributed by atoms with Crippen LogP contribution in [0.4, 0.5) is 5.69 Å². The summed E-state index contributed by atoms with van der Waals surface area (Å²) in [6, 6.07) is 3.45. The van der Waals surface area contributed by atoms with Crippen molar-refractivity contribution in [1.29, 1.82) is 0 Å². The second kappa shape index (κ2) is 5.57. The first-order valence-electron chi connectivity index (χ1n) is 6.42. The number of hydrogen-bond donors (Lipinski definition) is 3. The number of carbonyl (C=O) groups excluding carboxylic acids is 1. The van der Waals surface area contributed by atoms with Crippen molar-refractivity contribution in [3.8, 4) is 0 Å². The summed E-state index contributed by atoms with van der Waals surface area (Å²) in [6.07, 6.45) is 1.58. The van der Waals surface area contributed by atoms with Crippen LogP contribution in [0.5, 0.6) is 0 Å². The quantitative estimate of drug-likeness (QED) is 0.759. The maximum absolute atomic E-state index is 11.7. The summed E-state index contributed by atoms with van der Waals surface area (Å²) in [7, 11) is 0. The van der Waals surface area contributed by atoms with Gasteiger partial charge in [-0.3, -0.25) is 9.78 Å². The van der Waals surface area contributed by atoms with Gasteiger partial charge in [-0.05, 0) is 46.8 Å². The Hall–Kier alpha value is -1.62. The first kappa shape index (κ1) is 15.4. The third kappa shape index (κ3) is 3.92. The highest BCUT2D eigenvalue weighted by molar-refractivity contribution is 5.93. The van der Waals surface area contributed by atoms with E-state index in [0.717, 1.165) is 5.69 Å². The van der Waals surface area contributed by atoms with Crippen LogP contribution in [-0.4, -0.2) is 33.7 Å². The van der Waals surface area contributed by atoms with Gasteiger partial charge in [0.2, 0.25) is 0 Å². The second-order valence-corrected chi connectivity index (χ2v) is 5.60. The van der Waals surface area contributed by atoms with Crippen molar-refractivity contribution in [2.24, 2.45) is 0 Å². The van der Waals surface area contributed by atoms with Crippen LogP contribution in [0.3, 0.4) is 0 Å². The van der Waals surface area contributed by atoms with Crippen LogP contribution in [0.25, 0.3) is 0 Å². The second-order valence-electron chi connectivity index (χ2n) is 5.60. The Bertz CT molecular complexity index is 450. The van der Waals surface area contributed by atoms with Crippen LogP contribution < -0.4 is 10.6 Å². The van der Waals surface area contributed by atoms with Gasteiger partial charge >= 0.3 is 0 Å². The largest absolute Gasteiger partial charge is 0.388 e. The SMILES string of the molecule is CCNC(=O)c1cc(NC(C)(C)C(C)(C)O)ccn1. The normalized spacial score (nSPS) is 12.1. The van der Waals surface area contributed by atoms with E-state index in [-0.39, 0.29) is 5.91 Å². The van der Waals surface area contributed by atoms with Crippen molar-refractivity contribution < 1.29 is 9.90 Å². The number of rotatable bonds is 5. The Morgan fingerprint density at radius 1 is 1.37 bits per heavy atom. The van der Waals surface area contributed by atoms with E-state index < -0.39 is 11.1 Å². The molecule has 1 aromatic rings. The predicted molar refractivity (Wildman–Crippen MR) is 76.2 cm³/mol.